The van der Waals surface area contributed by atoms with Crippen molar-refractivity contribution in [2.45, 2.75) is 31.4 Å². The van der Waals surface area contributed by atoms with Gasteiger partial charge in [-0.25, -0.2) is 0 Å². The summed E-state index contributed by atoms with van der Waals surface area (Å²) in [5.41, 5.74) is -1.79. The molecular formula is C25H21F6N5OS. The van der Waals surface area contributed by atoms with Crippen molar-refractivity contribution in [3.05, 3.63) is 69.8 Å². The third kappa shape index (κ3) is 5.44. The molecule has 1 amide bonds. The molecule has 3 aromatic rings. The molecule has 0 spiro atoms. The van der Waals surface area contributed by atoms with Gasteiger partial charge in [0.05, 0.1) is 28.1 Å². The number of thioether (sulfide) groups is 1. The number of amidine groups is 1. The van der Waals surface area contributed by atoms with Crippen molar-refractivity contribution in [3.63, 3.8) is 0 Å². The number of aliphatic imine (C=N–C) groups is 1. The minimum Gasteiger partial charge on any atom is -0.354 e. The number of amides is 1. The number of benzene rings is 2. The minimum absolute atomic E-state index is 0.127. The molecule has 1 aromatic heterocycles. The van der Waals surface area contributed by atoms with Crippen LogP contribution in [-0.2, 0) is 18.9 Å². The Labute approximate surface area is 217 Å². The Balaban J connectivity index is 1.41. The van der Waals surface area contributed by atoms with Crippen LogP contribution >= 0.6 is 11.8 Å². The van der Waals surface area contributed by atoms with Crippen molar-refractivity contribution in [2.24, 2.45) is 4.99 Å². The molecule has 1 atom stereocenters. The van der Waals surface area contributed by atoms with Crippen molar-refractivity contribution in [2.75, 3.05) is 20.1 Å². The highest BCUT2D eigenvalue weighted by molar-refractivity contribution is 8.18. The second-order valence-electron chi connectivity index (χ2n) is 9.04. The molecule has 200 valence electrons. The molecule has 1 N–H and O–H groups in total. The van der Waals surface area contributed by atoms with E-state index in [1.165, 1.54) is 10.9 Å². The van der Waals surface area contributed by atoms with E-state index in [9.17, 15) is 31.1 Å². The van der Waals surface area contributed by atoms with Crippen LogP contribution in [0.15, 0.2) is 52.5 Å². The van der Waals surface area contributed by atoms with Gasteiger partial charge in [-0.2, -0.15) is 36.4 Å². The number of nitrogens with one attached hydrogen (secondary N) is 1. The quantitative estimate of drug-likeness (QED) is 0.401. The molecule has 38 heavy (non-hydrogen) atoms. The van der Waals surface area contributed by atoms with Crippen molar-refractivity contribution >= 4 is 39.8 Å². The van der Waals surface area contributed by atoms with Gasteiger partial charge in [-0.1, -0.05) is 12.1 Å². The van der Waals surface area contributed by atoms with Crippen LogP contribution in [0.3, 0.4) is 0 Å². The number of likely N-dealkylation sites (tertiary alicyclic amines) is 1. The van der Waals surface area contributed by atoms with Crippen LogP contribution < -0.4 is 5.32 Å². The van der Waals surface area contributed by atoms with Gasteiger partial charge < -0.3 is 10.2 Å². The molecule has 0 bridgehead atoms. The maximum absolute atomic E-state index is 13.5. The van der Waals surface area contributed by atoms with E-state index in [2.05, 4.69) is 20.3 Å². The first-order valence-electron chi connectivity index (χ1n) is 11.6. The van der Waals surface area contributed by atoms with E-state index in [4.69, 9.17) is 0 Å². The first-order valence-corrected chi connectivity index (χ1v) is 12.4. The van der Waals surface area contributed by atoms with Gasteiger partial charge in [-0.3, -0.25) is 9.48 Å². The summed E-state index contributed by atoms with van der Waals surface area (Å²) in [6, 6.07) is 7.15. The van der Waals surface area contributed by atoms with Crippen LogP contribution in [0.5, 0.6) is 0 Å². The average Bonchev–Trinajstić information content (AvgIpc) is 3.55. The van der Waals surface area contributed by atoms with Crippen molar-refractivity contribution in [1.82, 2.24) is 20.0 Å². The second kappa shape index (κ2) is 9.77. The molecule has 6 nitrogen and oxygen atoms in total. The lowest BCUT2D eigenvalue weighted by Crippen LogP contribution is -2.33. The van der Waals surface area contributed by atoms with Crippen LogP contribution in [0.1, 0.15) is 28.7 Å². The van der Waals surface area contributed by atoms with E-state index in [0.717, 1.165) is 42.9 Å². The summed E-state index contributed by atoms with van der Waals surface area (Å²) in [5.74, 6) is 0.621. The van der Waals surface area contributed by atoms with Crippen LogP contribution in [0.25, 0.3) is 17.0 Å². The van der Waals surface area contributed by atoms with E-state index in [-0.39, 0.29) is 23.4 Å². The number of rotatable bonds is 4. The zero-order valence-corrected chi connectivity index (χ0v) is 20.7. The predicted molar refractivity (Wildman–Crippen MR) is 133 cm³/mol. The fraction of sp³-hybridized carbons (Fsp3) is 0.320. The summed E-state index contributed by atoms with van der Waals surface area (Å²) in [7, 11) is 1.89. The fourth-order valence-electron chi connectivity index (χ4n) is 4.56. The standard InChI is InChI=1S/C25H21F6N5OS/c1-32-18-6-7-35(13-18)22-21(38-23(37)33-22)9-14-2-5-20-16(8-14)12-36(34-20)11-15-3-4-17(24(26,27)28)10-19(15)25(29,30)31/h2-5,8-10,12,18,32H,6-7,11,13H2,1H3/b21-9-. The lowest BCUT2D eigenvalue weighted by molar-refractivity contribution is -0.143. The molecule has 0 radical (unpaired) electrons. The van der Waals surface area contributed by atoms with Crippen LogP contribution in [-0.4, -0.2) is 51.9 Å². The van der Waals surface area contributed by atoms with Crippen molar-refractivity contribution < 1.29 is 31.1 Å². The van der Waals surface area contributed by atoms with Gasteiger partial charge in [0, 0.05) is 30.7 Å². The van der Waals surface area contributed by atoms with E-state index < -0.39 is 23.5 Å². The molecule has 1 saturated heterocycles. The molecular weight excluding hydrogens is 532 g/mol. The van der Waals surface area contributed by atoms with Gasteiger partial charge in [0.2, 0.25) is 0 Å². The van der Waals surface area contributed by atoms with E-state index in [1.807, 2.05) is 13.1 Å². The first kappa shape index (κ1) is 26.3. The second-order valence-corrected chi connectivity index (χ2v) is 10.0. The van der Waals surface area contributed by atoms with Gasteiger partial charge in [0.25, 0.3) is 0 Å². The maximum Gasteiger partial charge on any atom is 0.416 e. The highest BCUT2D eigenvalue weighted by Gasteiger charge is 2.38. The molecule has 1 fully saturated rings. The molecule has 0 aliphatic carbocycles. The topological polar surface area (TPSA) is 62.5 Å². The minimum atomic E-state index is -4.96. The summed E-state index contributed by atoms with van der Waals surface area (Å²) in [6.45, 7) is 1.14. The predicted octanol–water partition coefficient (Wildman–Crippen LogP) is 6.02. The summed E-state index contributed by atoms with van der Waals surface area (Å²) < 4.78 is 80.8. The number of likely N-dealkylation sites (N-methyl/N-ethyl adjacent to an activating group) is 1. The first-order chi connectivity index (χ1) is 17.9. The Morgan fingerprint density at radius 1 is 1.11 bits per heavy atom. The Bertz CT molecular complexity index is 1460. The Morgan fingerprint density at radius 3 is 2.58 bits per heavy atom. The number of halogens is 6. The maximum atomic E-state index is 13.5. The molecule has 2 aromatic carbocycles. The Morgan fingerprint density at radius 2 is 1.89 bits per heavy atom. The average molecular weight is 554 g/mol. The van der Waals surface area contributed by atoms with Gasteiger partial charge in [-0.05, 0) is 66.7 Å². The summed E-state index contributed by atoms with van der Waals surface area (Å²) in [6.07, 6.45) is -5.55. The SMILES string of the molecule is CNC1CCN(C2=NC(=O)S/C2=C\c2ccc3nn(Cc4ccc(C(F)(F)F)cc4C(F)(F)F)cc3c2)C1. The number of carbonyl (C=O) groups excluding carboxylic acids is 1. The van der Waals surface area contributed by atoms with E-state index >= 15 is 0 Å². The van der Waals surface area contributed by atoms with Crippen molar-refractivity contribution in [1.29, 1.82) is 0 Å². The molecule has 2 aliphatic heterocycles. The van der Waals surface area contributed by atoms with Crippen LogP contribution in [0.4, 0.5) is 31.1 Å². The Hall–Kier alpha value is -3.32. The van der Waals surface area contributed by atoms with Gasteiger partial charge >= 0.3 is 17.6 Å². The number of nitrogens with zero attached hydrogens (tertiary/aromatic N) is 4. The van der Waals surface area contributed by atoms with Gasteiger partial charge in [-0.15, -0.1) is 0 Å². The number of fused-ring (bicyclic) bond motifs is 1. The number of carbonyl (C=O) groups is 1. The van der Waals surface area contributed by atoms with Crippen LogP contribution in [0.2, 0.25) is 0 Å². The lowest BCUT2D eigenvalue weighted by Gasteiger charge is -2.18. The third-order valence-electron chi connectivity index (χ3n) is 6.46. The lowest BCUT2D eigenvalue weighted by atomic mass is 10.0. The normalized spacial score (nSPS) is 19.7. The largest absolute Gasteiger partial charge is 0.416 e. The molecule has 5 rings (SSSR count). The fourth-order valence-corrected chi connectivity index (χ4v) is 5.34. The highest BCUT2D eigenvalue weighted by atomic mass is 32.2. The molecule has 13 heteroatoms. The monoisotopic (exact) mass is 553 g/mol. The number of hydrogen-bond donors (Lipinski definition) is 1. The Kier molecular flexibility index (Phi) is 6.76. The summed E-state index contributed by atoms with van der Waals surface area (Å²) >= 11 is 1.03. The van der Waals surface area contributed by atoms with Crippen molar-refractivity contribution in [3.8, 4) is 0 Å². The van der Waals surface area contributed by atoms with E-state index in [1.54, 1.807) is 18.2 Å². The summed E-state index contributed by atoms with van der Waals surface area (Å²) in [5, 5.41) is 7.84. The number of alkyl halides is 6. The molecule has 2 aliphatic rings. The van der Waals surface area contributed by atoms with E-state index in [0.29, 0.717) is 33.8 Å². The molecule has 0 saturated carbocycles. The molecule has 1 unspecified atom stereocenters. The van der Waals surface area contributed by atoms with Crippen LogP contribution in [0, 0.1) is 0 Å². The van der Waals surface area contributed by atoms with Gasteiger partial charge in [0.1, 0.15) is 5.84 Å². The van der Waals surface area contributed by atoms with Gasteiger partial charge in [0.15, 0.2) is 0 Å². The number of hydrogen-bond acceptors (Lipinski definition) is 5. The zero-order chi connectivity index (χ0) is 27.2. The molecule has 3 heterocycles. The zero-order valence-electron chi connectivity index (χ0n) is 19.9. The summed E-state index contributed by atoms with van der Waals surface area (Å²) in [4.78, 5) is 19.0. The smallest absolute Gasteiger partial charge is 0.354 e. The third-order valence-corrected chi connectivity index (χ3v) is 7.25. The highest BCUT2D eigenvalue weighted by Crippen LogP contribution is 2.38. The number of aromatic nitrogens is 2.